The summed E-state index contributed by atoms with van der Waals surface area (Å²) in [7, 11) is 4.04. The molecule has 2 aliphatic rings. The zero-order chi connectivity index (χ0) is 21.4. The number of benzene rings is 3. The monoisotopic (exact) mass is 413 g/mol. The summed E-state index contributed by atoms with van der Waals surface area (Å²) in [5.74, 6) is 2.32. The molecule has 0 saturated carbocycles. The molecule has 31 heavy (non-hydrogen) atoms. The molecule has 1 unspecified atom stereocenters. The lowest BCUT2D eigenvalue weighted by Crippen LogP contribution is -2.56. The van der Waals surface area contributed by atoms with E-state index in [2.05, 4.69) is 85.6 Å². The number of piperidine rings is 1. The Kier molecular flexibility index (Phi) is 5.23. The Hall–Kier alpha value is -2.78. The SMILES string of the molecule is COc1ccc2c(c1)[C@@]1(C)CCN(C)C(C2)[C@@H]1c1cccc(OCc2ccccc2)c1. The number of hydrogen-bond donors (Lipinski definition) is 0. The molecule has 5 rings (SSSR count). The van der Waals surface area contributed by atoms with Crippen LogP contribution >= 0.6 is 0 Å². The molecule has 0 aromatic heterocycles. The number of likely N-dealkylation sites (N-methyl/N-ethyl adjacent to an activating group) is 1. The lowest BCUT2D eigenvalue weighted by Gasteiger charge is -2.55. The molecule has 3 aromatic rings. The molecule has 0 radical (unpaired) electrons. The largest absolute Gasteiger partial charge is 0.497 e. The topological polar surface area (TPSA) is 21.7 Å². The van der Waals surface area contributed by atoms with Crippen LogP contribution in [-0.4, -0.2) is 31.6 Å². The zero-order valence-electron chi connectivity index (χ0n) is 18.7. The number of nitrogens with zero attached hydrogens (tertiary/aromatic N) is 1. The Labute approximate surface area is 185 Å². The normalized spacial score (nSPS) is 25.0. The Bertz CT molecular complexity index is 1060. The molecule has 0 spiro atoms. The van der Waals surface area contributed by atoms with Crippen molar-refractivity contribution in [1.29, 1.82) is 0 Å². The highest BCUT2D eigenvalue weighted by Crippen LogP contribution is 2.54. The van der Waals surface area contributed by atoms with Gasteiger partial charge < -0.3 is 14.4 Å². The fourth-order valence-corrected chi connectivity index (χ4v) is 5.73. The lowest BCUT2D eigenvalue weighted by atomic mass is 9.56. The van der Waals surface area contributed by atoms with Crippen molar-refractivity contribution >= 4 is 0 Å². The standard InChI is InChI=1S/C28H31NO2/c1-28-14-15-29(2)26(17-21-12-13-23(30-3)18-25(21)28)27(28)22-10-7-11-24(16-22)31-19-20-8-5-4-6-9-20/h4-13,16,18,26-27H,14-15,17,19H2,1-3H3/t26?,27-,28+/m0/s1. The maximum Gasteiger partial charge on any atom is 0.120 e. The highest BCUT2D eigenvalue weighted by Gasteiger charge is 2.50. The average Bonchev–Trinajstić information content (AvgIpc) is 2.81. The summed E-state index contributed by atoms with van der Waals surface area (Å²) < 4.78 is 11.8. The van der Waals surface area contributed by atoms with Gasteiger partial charge in [-0.2, -0.15) is 0 Å². The molecule has 2 bridgehead atoms. The molecule has 1 aliphatic carbocycles. The molecule has 160 valence electrons. The van der Waals surface area contributed by atoms with Gasteiger partial charge in [-0.3, -0.25) is 0 Å². The van der Waals surface area contributed by atoms with Gasteiger partial charge in [0.25, 0.3) is 0 Å². The van der Waals surface area contributed by atoms with E-state index in [1.165, 1.54) is 22.3 Å². The van der Waals surface area contributed by atoms with E-state index in [9.17, 15) is 0 Å². The Morgan fingerprint density at radius 1 is 0.968 bits per heavy atom. The molecule has 1 saturated heterocycles. The van der Waals surface area contributed by atoms with E-state index in [0.29, 0.717) is 18.6 Å². The van der Waals surface area contributed by atoms with Gasteiger partial charge in [0, 0.05) is 17.4 Å². The molecule has 1 aliphatic heterocycles. The van der Waals surface area contributed by atoms with Gasteiger partial charge in [0.15, 0.2) is 0 Å². The molecule has 3 nitrogen and oxygen atoms in total. The highest BCUT2D eigenvalue weighted by molar-refractivity contribution is 5.49. The summed E-state index contributed by atoms with van der Waals surface area (Å²) >= 11 is 0. The fraction of sp³-hybridized carbons (Fsp3) is 0.357. The van der Waals surface area contributed by atoms with Crippen LogP contribution in [0.25, 0.3) is 0 Å². The van der Waals surface area contributed by atoms with Gasteiger partial charge in [-0.1, -0.05) is 55.5 Å². The minimum atomic E-state index is 0.0807. The summed E-state index contributed by atoms with van der Waals surface area (Å²) in [5, 5.41) is 0. The van der Waals surface area contributed by atoms with E-state index in [0.717, 1.165) is 30.9 Å². The maximum absolute atomic E-state index is 6.18. The van der Waals surface area contributed by atoms with Crippen LogP contribution < -0.4 is 9.47 Å². The highest BCUT2D eigenvalue weighted by atomic mass is 16.5. The van der Waals surface area contributed by atoms with Crippen molar-refractivity contribution in [1.82, 2.24) is 4.90 Å². The Balaban J connectivity index is 1.50. The predicted molar refractivity (Wildman–Crippen MR) is 125 cm³/mol. The first-order chi connectivity index (χ1) is 15.1. The second kappa shape index (κ2) is 8.05. The smallest absolute Gasteiger partial charge is 0.120 e. The Morgan fingerprint density at radius 3 is 2.61 bits per heavy atom. The van der Waals surface area contributed by atoms with Crippen LogP contribution in [0.3, 0.4) is 0 Å². The quantitative estimate of drug-likeness (QED) is 0.545. The van der Waals surface area contributed by atoms with Crippen LogP contribution in [0.1, 0.15) is 41.5 Å². The lowest BCUT2D eigenvalue weighted by molar-refractivity contribution is 0.0828. The van der Waals surface area contributed by atoms with Gasteiger partial charge in [-0.05, 0) is 73.0 Å². The second-order valence-corrected chi connectivity index (χ2v) is 9.27. The van der Waals surface area contributed by atoms with E-state index < -0.39 is 0 Å². The van der Waals surface area contributed by atoms with E-state index in [-0.39, 0.29) is 5.41 Å². The minimum absolute atomic E-state index is 0.0807. The minimum Gasteiger partial charge on any atom is -0.497 e. The van der Waals surface area contributed by atoms with Gasteiger partial charge in [0.05, 0.1) is 7.11 Å². The molecule has 1 heterocycles. The number of likely N-dealkylation sites (tertiary alicyclic amines) is 1. The van der Waals surface area contributed by atoms with Crippen molar-refractivity contribution < 1.29 is 9.47 Å². The molecule has 3 atom stereocenters. The summed E-state index contributed by atoms with van der Waals surface area (Å²) in [6.07, 6.45) is 2.21. The molecule has 1 fully saturated rings. The van der Waals surface area contributed by atoms with E-state index in [1.54, 1.807) is 7.11 Å². The van der Waals surface area contributed by atoms with Gasteiger partial charge in [-0.25, -0.2) is 0 Å². The maximum atomic E-state index is 6.18. The summed E-state index contributed by atoms with van der Waals surface area (Å²) in [6.45, 7) is 4.17. The first-order valence-corrected chi connectivity index (χ1v) is 11.2. The summed E-state index contributed by atoms with van der Waals surface area (Å²) in [6, 6.07) is 26.3. The zero-order valence-corrected chi connectivity index (χ0v) is 18.7. The van der Waals surface area contributed by atoms with Gasteiger partial charge in [0.1, 0.15) is 18.1 Å². The van der Waals surface area contributed by atoms with Crippen molar-refractivity contribution in [3.63, 3.8) is 0 Å². The Morgan fingerprint density at radius 2 is 1.81 bits per heavy atom. The first-order valence-electron chi connectivity index (χ1n) is 11.2. The van der Waals surface area contributed by atoms with Gasteiger partial charge >= 0.3 is 0 Å². The molecule has 0 amide bonds. The average molecular weight is 414 g/mol. The summed E-state index contributed by atoms with van der Waals surface area (Å²) in [4.78, 5) is 2.55. The number of fused-ring (bicyclic) bond motifs is 4. The molecule has 3 heteroatoms. The first kappa shape index (κ1) is 20.1. The third-order valence-electron chi connectivity index (χ3n) is 7.45. The van der Waals surface area contributed by atoms with E-state index in [4.69, 9.17) is 9.47 Å². The number of ether oxygens (including phenoxy) is 2. The molecular formula is C28H31NO2. The molecule has 3 aromatic carbocycles. The number of methoxy groups -OCH3 is 1. The van der Waals surface area contributed by atoms with Crippen molar-refractivity contribution in [2.24, 2.45) is 0 Å². The van der Waals surface area contributed by atoms with Crippen LogP contribution in [0.15, 0.2) is 72.8 Å². The number of hydrogen-bond acceptors (Lipinski definition) is 3. The van der Waals surface area contributed by atoms with Gasteiger partial charge in [0.2, 0.25) is 0 Å². The second-order valence-electron chi connectivity index (χ2n) is 9.27. The van der Waals surface area contributed by atoms with Crippen LogP contribution in [0.4, 0.5) is 0 Å². The van der Waals surface area contributed by atoms with Crippen molar-refractivity contribution in [3.05, 3.63) is 95.1 Å². The predicted octanol–water partition coefficient (Wildman–Crippen LogP) is 5.58. The number of rotatable bonds is 5. The fourth-order valence-electron chi connectivity index (χ4n) is 5.73. The van der Waals surface area contributed by atoms with Crippen molar-refractivity contribution in [3.8, 4) is 11.5 Å². The van der Waals surface area contributed by atoms with Crippen LogP contribution in [0.5, 0.6) is 11.5 Å². The van der Waals surface area contributed by atoms with Crippen molar-refractivity contribution in [2.45, 2.75) is 43.7 Å². The molecular weight excluding hydrogens is 382 g/mol. The van der Waals surface area contributed by atoms with Gasteiger partial charge in [-0.15, -0.1) is 0 Å². The van der Waals surface area contributed by atoms with Crippen molar-refractivity contribution in [2.75, 3.05) is 20.7 Å². The van der Waals surface area contributed by atoms with Crippen LogP contribution in [0.2, 0.25) is 0 Å². The summed E-state index contributed by atoms with van der Waals surface area (Å²) in [5.41, 5.74) is 5.56. The molecule has 0 N–H and O–H groups in total. The third kappa shape index (κ3) is 3.61. The van der Waals surface area contributed by atoms with E-state index in [1.807, 2.05) is 6.07 Å². The van der Waals surface area contributed by atoms with E-state index >= 15 is 0 Å². The van der Waals surface area contributed by atoms with Crippen LogP contribution in [-0.2, 0) is 18.4 Å². The van der Waals surface area contributed by atoms with Crippen LogP contribution in [0, 0.1) is 0 Å². The third-order valence-corrected chi connectivity index (χ3v) is 7.45.